The lowest BCUT2D eigenvalue weighted by atomic mass is 10.2. The first-order valence-electron chi connectivity index (χ1n) is 8.63. The van der Waals surface area contributed by atoms with E-state index in [4.69, 9.17) is 9.47 Å². The fourth-order valence-electron chi connectivity index (χ4n) is 2.27. The Labute approximate surface area is 159 Å². The van der Waals surface area contributed by atoms with Crippen LogP contribution in [0.3, 0.4) is 0 Å². The number of carbonyl (C=O) groups is 2. The van der Waals surface area contributed by atoms with Crippen molar-refractivity contribution in [2.45, 2.75) is 45.6 Å². The second-order valence-corrected chi connectivity index (χ2v) is 9.26. The number of ether oxygens (including phenoxy) is 3. The van der Waals surface area contributed by atoms with E-state index in [0.717, 1.165) is 12.8 Å². The highest BCUT2D eigenvalue weighted by molar-refractivity contribution is 7.92. The molecule has 27 heavy (non-hydrogen) atoms. The van der Waals surface area contributed by atoms with Crippen molar-refractivity contribution in [3.63, 3.8) is 0 Å². The summed E-state index contributed by atoms with van der Waals surface area (Å²) in [7, 11) is -2.36. The minimum Gasteiger partial charge on any atom is -0.465 e. The van der Waals surface area contributed by atoms with Crippen LogP contribution >= 0.6 is 0 Å². The summed E-state index contributed by atoms with van der Waals surface area (Å²) in [6.07, 6.45) is 1.77. The summed E-state index contributed by atoms with van der Waals surface area (Å²) in [5.41, 5.74) is -0.673. The summed E-state index contributed by atoms with van der Waals surface area (Å²) < 4.78 is 41.6. The molecular formula is C18H25NO7S. The van der Waals surface area contributed by atoms with Crippen molar-refractivity contribution in [3.05, 3.63) is 23.8 Å². The topological polar surface area (TPSA) is 108 Å². The highest BCUT2D eigenvalue weighted by Crippen LogP contribution is 2.33. The molecule has 150 valence electrons. The summed E-state index contributed by atoms with van der Waals surface area (Å²) in [5, 5.41) is 0. The van der Waals surface area contributed by atoms with Gasteiger partial charge in [-0.3, -0.25) is 4.72 Å². The zero-order valence-corrected chi connectivity index (χ0v) is 16.7. The lowest BCUT2D eigenvalue weighted by molar-refractivity contribution is 0.0203. The Morgan fingerprint density at radius 1 is 1.22 bits per heavy atom. The Morgan fingerprint density at radius 3 is 2.44 bits per heavy atom. The Balaban J connectivity index is 2.16. The van der Waals surface area contributed by atoms with Crippen LogP contribution in [-0.4, -0.2) is 39.0 Å². The molecule has 0 amide bonds. The number of methoxy groups -OCH3 is 1. The number of hydrogen-bond donors (Lipinski definition) is 1. The maximum absolute atomic E-state index is 12.2. The molecule has 0 atom stereocenters. The van der Waals surface area contributed by atoms with Gasteiger partial charge in [0.2, 0.25) is 10.0 Å². The minimum atomic E-state index is -3.53. The molecule has 1 fully saturated rings. The average Bonchev–Trinajstić information content (AvgIpc) is 3.36. The summed E-state index contributed by atoms with van der Waals surface area (Å²) >= 11 is 0. The molecule has 1 aliphatic carbocycles. The third kappa shape index (κ3) is 7.09. The number of hydrogen-bond acceptors (Lipinski definition) is 7. The third-order valence-corrected chi connectivity index (χ3v) is 5.05. The lowest BCUT2D eigenvalue weighted by Crippen LogP contribution is -2.26. The summed E-state index contributed by atoms with van der Waals surface area (Å²) in [5.74, 6) is -0.358. The van der Waals surface area contributed by atoms with Gasteiger partial charge in [0.15, 0.2) is 0 Å². The fraction of sp³-hybridized carbons (Fsp3) is 0.556. The van der Waals surface area contributed by atoms with Crippen LogP contribution in [0.15, 0.2) is 18.2 Å². The third-order valence-electron chi connectivity index (χ3n) is 3.73. The van der Waals surface area contributed by atoms with Crippen molar-refractivity contribution >= 4 is 27.8 Å². The van der Waals surface area contributed by atoms with E-state index in [1.165, 1.54) is 25.3 Å². The van der Waals surface area contributed by atoms with Gasteiger partial charge in [-0.25, -0.2) is 18.0 Å². The number of rotatable bonds is 7. The van der Waals surface area contributed by atoms with Gasteiger partial charge in [0.05, 0.1) is 12.9 Å². The molecule has 0 heterocycles. The van der Waals surface area contributed by atoms with Gasteiger partial charge < -0.3 is 14.2 Å². The van der Waals surface area contributed by atoms with Gasteiger partial charge in [-0.1, -0.05) is 12.8 Å². The Morgan fingerprint density at radius 2 is 1.89 bits per heavy atom. The van der Waals surface area contributed by atoms with Crippen LogP contribution < -0.4 is 9.46 Å². The monoisotopic (exact) mass is 399 g/mol. The minimum absolute atomic E-state index is 0.0153. The lowest BCUT2D eigenvalue weighted by Gasteiger charge is -2.19. The number of anilines is 1. The molecule has 1 aliphatic rings. The van der Waals surface area contributed by atoms with E-state index in [9.17, 15) is 18.0 Å². The molecule has 0 bridgehead atoms. The van der Waals surface area contributed by atoms with Gasteiger partial charge in [0.1, 0.15) is 16.9 Å². The molecule has 8 nitrogen and oxygen atoms in total. The molecule has 0 radical (unpaired) electrons. The quantitative estimate of drug-likeness (QED) is 0.553. The van der Waals surface area contributed by atoms with Crippen LogP contribution in [0.5, 0.6) is 5.75 Å². The number of benzene rings is 1. The van der Waals surface area contributed by atoms with Gasteiger partial charge in [-0.2, -0.15) is 0 Å². The van der Waals surface area contributed by atoms with Crippen LogP contribution in [0.25, 0.3) is 0 Å². The highest BCUT2D eigenvalue weighted by Gasteiger charge is 2.25. The smallest absolute Gasteiger partial charge is 0.465 e. The van der Waals surface area contributed by atoms with E-state index in [2.05, 4.69) is 9.46 Å². The van der Waals surface area contributed by atoms with Crippen molar-refractivity contribution in [2.75, 3.05) is 17.6 Å². The number of carbonyl (C=O) groups excluding carboxylic acids is 2. The van der Waals surface area contributed by atoms with Crippen molar-refractivity contribution in [2.24, 2.45) is 5.92 Å². The second-order valence-electron chi connectivity index (χ2n) is 7.42. The molecule has 0 spiro atoms. The molecule has 2 rings (SSSR count). The predicted octanol–water partition coefficient (Wildman–Crippen LogP) is 3.33. The van der Waals surface area contributed by atoms with Crippen LogP contribution in [0.1, 0.15) is 50.4 Å². The summed E-state index contributed by atoms with van der Waals surface area (Å²) in [6, 6.07) is 3.98. The van der Waals surface area contributed by atoms with Crippen LogP contribution in [0.4, 0.5) is 10.5 Å². The van der Waals surface area contributed by atoms with Gasteiger partial charge in [-0.05, 0) is 51.3 Å². The van der Waals surface area contributed by atoms with Gasteiger partial charge in [0.25, 0.3) is 0 Å². The Bertz CT molecular complexity index is 807. The first kappa shape index (κ1) is 21.0. The molecule has 1 saturated carbocycles. The fourth-order valence-corrected chi connectivity index (χ4v) is 3.50. The predicted molar refractivity (Wildman–Crippen MR) is 99.4 cm³/mol. The zero-order chi connectivity index (χ0) is 20.2. The van der Waals surface area contributed by atoms with Gasteiger partial charge in [-0.15, -0.1) is 0 Å². The number of nitrogens with one attached hydrogen (secondary N) is 1. The van der Waals surface area contributed by atoms with Crippen molar-refractivity contribution in [1.82, 2.24) is 0 Å². The Hall–Kier alpha value is -2.29. The van der Waals surface area contributed by atoms with E-state index >= 15 is 0 Å². The number of esters is 1. The maximum Gasteiger partial charge on any atom is 0.514 e. The maximum atomic E-state index is 12.2. The molecular weight excluding hydrogens is 374 g/mol. The van der Waals surface area contributed by atoms with Crippen molar-refractivity contribution in [3.8, 4) is 5.75 Å². The molecule has 1 N–H and O–H groups in total. The molecule has 1 aromatic rings. The molecule has 0 saturated heterocycles. The van der Waals surface area contributed by atoms with E-state index < -0.39 is 27.7 Å². The molecule has 0 aliphatic heterocycles. The van der Waals surface area contributed by atoms with Crippen LogP contribution in [0, 0.1) is 5.92 Å². The average molecular weight is 399 g/mol. The Kier molecular flexibility index (Phi) is 6.35. The molecule has 0 aromatic heterocycles. The normalized spacial score (nSPS) is 14.4. The van der Waals surface area contributed by atoms with E-state index in [1.54, 1.807) is 20.8 Å². The molecule has 0 unspecified atom stereocenters. The standard InChI is InChI=1S/C18H25NO7S/c1-18(2,3)26-17(21)25-15-8-7-13(11-14(15)16(20)24-4)19-27(22,23)10-9-12-5-6-12/h7-8,11-12,19H,5-6,9-10H2,1-4H3. The van der Waals surface area contributed by atoms with Crippen LogP contribution in [-0.2, 0) is 19.5 Å². The summed E-state index contributed by atoms with van der Waals surface area (Å²) in [4.78, 5) is 23.9. The molecule has 9 heteroatoms. The number of sulfonamides is 1. The van der Waals surface area contributed by atoms with E-state index in [1.807, 2.05) is 0 Å². The van der Waals surface area contributed by atoms with Crippen molar-refractivity contribution in [1.29, 1.82) is 0 Å². The first-order chi connectivity index (χ1) is 12.5. The van der Waals surface area contributed by atoms with Gasteiger partial charge >= 0.3 is 12.1 Å². The summed E-state index contributed by atoms with van der Waals surface area (Å²) in [6.45, 7) is 5.03. The van der Waals surface area contributed by atoms with E-state index in [0.29, 0.717) is 12.3 Å². The van der Waals surface area contributed by atoms with Crippen LogP contribution in [0.2, 0.25) is 0 Å². The molecule has 1 aromatic carbocycles. The zero-order valence-electron chi connectivity index (χ0n) is 15.9. The second kappa shape index (κ2) is 8.16. The largest absolute Gasteiger partial charge is 0.514 e. The van der Waals surface area contributed by atoms with Crippen molar-refractivity contribution < 1.29 is 32.2 Å². The van der Waals surface area contributed by atoms with E-state index in [-0.39, 0.29) is 22.8 Å². The SMILES string of the molecule is COC(=O)c1cc(NS(=O)(=O)CCC2CC2)ccc1OC(=O)OC(C)(C)C. The van der Waals surface area contributed by atoms with Gasteiger partial charge in [0, 0.05) is 5.69 Å². The highest BCUT2D eigenvalue weighted by atomic mass is 32.2. The first-order valence-corrected chi connectivity index (χ1v) is 10.3.